The number of pyridine rings is 1. The van der Waals surface area contributed by atoms with Crippen LogP contribution in [0.1, 0.15) is 19.5 Å². The van der Waals surface area contributed by atoms with Crippen LogP contribution in [0.3, 0.4) is 0 Å². The Labute approximate surface area is 133 Å². The van der Waals surface area contributed by atoms with E-state index in [9.17, 15) is 0 Å². The highest BCUT2D eigenvalue weighted by Crippen LogP contribution is 2.24. The van der Waals surface area contributed by atoms with Gasteiger partial charge >= 0.3 is 0 Å². The summed E-state index contributed by atoms with van der Waals surface area (Å²) in [5.41, 5.74) is 0.970. The largest absolute Gasteiger partial charge is 0.492 e. The predicted octanol–water partition coefficient (Wildman–Crippen LogP) is 4.15. The quantitative estimate of drug-likeness (QED) is 0.803. The van der Waals surface area contributed by atoms with Gasteiger partial charge in [-0.3, -0.25) is 4.98 Å². The molecule has 0 fully saturated rings. The molecule has 4 nitrogen and oxygen atoms in total. The van der Waals surface area contributed by atoms with Crippen LogP contribution in [-0.4, -0.2) is 37.1 Å². The Balaban J connectivity index is 0.00000116. The Morgan fingerprint density at radius 2 is 1.73 bits per heavy atom. The maximum absolute atomic E-state index is 5.75. The van der Waals surface area contributed by atoms with Crippen LogP contribution in [0, 0.1) is 6.92 Å². The van der Waals surface area contributed by atoms with Crippen molar-refractivity contribution in [2.24, 2.45) is 0 Å². The van der Waals surface area contributed by atoms with Gasteiger partial charge < -0.3 is 14.4 Å². The van der Waals surface area contributed by atoms with Crippen molar-refractivity contribution in [2.45, 2.75) is 20.8 Å². The van der Waals surface area contributed by atoms with Gasteiger partial charge in [-0.25, -0.2) is 0 Å². The fourth-order valence-electron chi connectivity index (χ4n) is 1.62. The molecule has 0 amide bonds. The van der Waals surface area contributed by atoms with E-state index < -0.39 is 0 Å². The first-order valence-corrected chi connectivity index (χ1v) is 7.61. The maximum Gasteiger partial charge on any atom is 0.145 e. The fourth-order valence-corrected chi connectivity index (χ4v) is 1.62. The highest BCUT2D eigenvalue weighted by Gasteiger charge is 2.01. The Morgan fingerprint density at radius 1 is 1.00 bits per heavy atom. The molecule has 0 bridgehead atoms. The molecule has 0 saturated heterocycles. The van der Waals surface area contributed by atoms with Gasteiger partial charge in [-0.15, -0.1) is 0 Å². The number of nitrogens with zero attached hydrogens (tertiary/aromatic N) is 2. The molecule has 1 heterocycles. The summed E-state index contributed by atoms with van der Waals surface area (Å²) in [5, 5.41) is 0. The van der Waals surface area contributed by atoms with Gasteiger partial charge in [0.15, 0.2) is 0 Å². The van der Waals surface area contributed by atoms with Gasteiger partial charge in [-0.05, 0) is 45.3 Å². The average Bonchev–Trinajstić information content (AvgIpc) is 2.52. The molecule has 0 radical (unpaired) electrons. The van der Waals surface area contributed by atoms with E-state index in [4.69, 9.17) is 9.47 Å². The lowest BCUT2D eigenvalue weighted by atomic mass is 10.3. The molecule has 1 aromatic heterocycles. The van der Waals surface area contributed by atoms with Gasteiger partial charge in [0.1, 0.15) is 23.9 Å². The van der Waals surface area contributed by atoms with Crippen molar-refractivity contribution < 1.29 is 9.47 Å². The number of hydrogen-bond acceptors (Lipinski definition) is 4. The SMILES string of the molecule is CC.Cc1ccc(Oc2cccc(OCCN(C)C)c2)cn1. The van der Waals surface area contributed by atoms with Crippen LogP contribution in [0.25, 0.3) is 0 Å². The molecular formula is C18H26N2O2. The molecule has 0 aliphatic heterocycles. The lowest BCUT2D eigenvalue weighted by molar-refractivity contribution is 0.260. The summed E-state index contributed by atoms with van der Waals surface area (Å²) in [7, 11) is 4.04. The first-order valence-electron chi connectivity index (χ1n) is 7.61. The van der Waals surface area contributed by atoms with Crippen molar-refractivity contribution in [1.29, 1.82) is 0 Å². The molecular weight excluding hydrogens is 276 g/mol. The highest BCUT2D eigenvalue weighted by molar-refractivity contribution is 5.36. The highest BCUT2D eigenvalue weighted by atomic mass is 16.5. The Morgan fingerprint density at radius 3 is 2.36 bits per heavy atom. The van der Waals surface area contributed by atoms with E-state index in [0.717, 1.165) is 29.5 Å². The van der Waals surface area contributed by atoms with E-state index in [0.29, 0.717) is 6.61 Å². The van der Waals surface area contributed by atoms with E-state index in [1.165, 1.54) is 0 Å². The zero-order chi connectivity index (χ0) is 16.4. The lowest BCUT2D eigenvalue weighted by Crippen LogP contribution is -2.19. The zero-order valence-electron chi connectivity index (χ0n) is 14.2. The lowest BCUT2D eigenvalue weighted by Gasteiger charge is -2.12. The van der Waals surface area contributed by atoms with Gasteiger partial charge in [0.2, 0.25) is 0 Å². The van der Waals surface area contributed by atoms with E-state index in [1.807, 2.05) is 71.3 Å². The topological polar surface area (TPSA) is 34.6 Å². The van der Waals surface area contributed by atoms with Gasteiger partial charge in [0, 0.05) is 18.3 Å². The van der Waals surface area contributed by atoms with Crippen molar-refractivity contribution in [3.63, 3.8) is 0 Å². The minimum absolute atomic E-state index is 0.655. The first-order chi connectivity index (χ1) is 10.6. The zero-order valence-corrected chi connectivity index (χ0v) is 14.2. The van der Waals surface area contributed by atoms with E-state index in [2.05, 4.69) is 9.88 Å². The maximum atomic E-state index is 5.75. The molecule has 0 spiro atoms. The predicted molar refractivity (Wildman–Crippen MR) is 90.9 cm³/mol. The van der Waals surface area contributed by atoms with Crippen molar-refractivity contribution in [1.82, 2.24) is 9.88 Å². The summed E-state index contributed by atoms with van der Waals surface area (Å²) >= 11 is 0. The summed E-state index contributed by atoms with van der Waals surface area (Å²) in [4.78, 5) is 6.29. The minimum atomic E-state index is 0.655. The Hall–Kier alpha value is -2.07. The van der Waals surface area contributed by atoms with Crippen molar-refractivity contribution >= 4 is 0 Å². The second-order valence-electron chi connectivity index (χ2n) is 4.86. The third-order valence-corrected chi connectivity index (χ3v) is 2.73. The van der Waals surface area contributed by atoms with Crippen LogP contribution in [0.5, 0.6) is 17.2 Å². The van der Waals surface area contributed by atoms with E-state index in [-0.39, 0.29) is 0 Å². The van der Waals surface area contributed by atoms with E-state index >= 15 is 0 Å². The van der Waals surface area contributed by atoms with Crippen LogP contribution < -0.4 is 9.47 Å². The number of aromatic nitrogens is 1. The molecule has 0 atom stereocenters. The number of hydrogen-bond donors (Lipinski definition) is 0. The number of aryl methyl sites for hydroxylation is 1. The van der Waals surface area contributed by atoms with Crippen molar-refractivity contribution in [3.8, 4) is 17.2 Å². The fraction of sp³-hybridized carbons (Fsp3) is 0.389. The van der Waals surface area contributed by atoms with Crippen LogP contribution in [0.4, 0.5) is 0 Å². The van der Waals surface area contributed by atoms with Gasteiger partial charge in [0.25, 0.3) is 0 Å². The molecule has 2 rings (SSSR count). The van der Waals surface area contributed by atoms with Crippen LogP contribution in [0.2, 0.25) is 0 Å². The molecule has 0 unspecified atom stereocenters. The second kappa shape index (κ2) is 9.79. The number of rotatable bonds is 6. The summed E-state index contributed by atoms with van der Waals surface area (Å²) < 4.78 is 11.4. The van der Waals surface area contributed by atoms with Gasteiger partial charge in [0.05, 0.1) is 6.20 Å². The van der Waals surface area contributed by atoms with Crippen LogP contribution >= 0.6 is 0 Å². The monoisotopic (exact) mass is 302 g/mol. The Kier molecular flexibility index (Phi) is 8.00. The molecule has 4 heteroatoms. The summed E-state index contributed by atoms with van der Waals surface area (Å²) in [6, 6.07) is 11.5. The smallest absolute Gasteiger partial charge is 0.145 e. The standard InChI is InChI=1S/C16H20N2O2.C2H6/c1-13-7-8-16(12-17-13)20-15-6-4-5-14(11-15)19-10-9-18(2)3;1-2/h4-8,11-12H,9-10H2,1-3H3;1-2H3. The van der Waals surface area contributed by atoms with E-state index in [1.54, 1.807) is 6.20 Å². The third-order valence-electron chi connectivity index (χ3n) is 2.73. The summed E-state index contributed by atoms with van der Waals surface area (Å²) in [5.74, 6) is 2.28. The molecule has 1 aromatic carbocycles. The van der Waals surface area contributed by atoms with Crippen molar-refractivity contribution in [3.05, 3.63) is 48.3 Å². The third kappa shape index (κ3) is 6.59. The summed E-state index contributed by atoms with van der Waals surface area (Å²) in [6.07, 6.45) is 1.72. The Bertz CT molecular complexity index is 539. The number of ether oxygens (including phenoxy) is 2. The van der Waals surface area contributed by atoms with Crippen LogP contribution in [-0.2, 0) is 0 Å². The molecule has 2 aromatic rings. The second-order valence-corrected chi connectivity index (χ2v) is 4.86. The van der Waals surface area contributed by atoms with Gasteiger partial charge in [-0.1, -0.05) is 19.9 Å². The normalized spacial score (nSPS) is 9.91. The molecule has 0 aliphatic rings. The minimum Gasteiger partial charge on any atom is -0.492 e. The summed E-state index contributed by atoms with van der Waals surface area (Å²) in [6.45, 7) is 7.48. The first kappa shape index (κ1) is 18.0. The van der Waals surface area contributed by atoms with Crippen LogP contribution in [0.15, 0.2) is 42.6 Å². The number of likely N-dealkylation sites (N-methyl/N-ethyl adjacent to an activating group) is 1. The average molecular weight is 302 g/mol. The molecule has 120 valence electrons. The molecule has 22 heavy (non-hydrogen) atoms. The van der Waals surface area contributed by atoms with Gasteiger partial charge in [-0.2, -0.15) is 0 Å². The number of benzene rings is 1. The molecule has 0 N–H and O–H groups in total. The molecule has 0 aliphatic carbocycles. The van der Waals surface area contributed by atoms with Crippen molar-refractivity contribution in [2.75, 3.05) is 27.2 Å². The molecule has 0 saturated carbocycles.